The largest absolute Gasteiger partial charge is 0.482 e. The molecule has 0 aliphatic heterocycles. The highest BCUT2D eigenvalue weighted by Gasteiger charge is 2.20. The van der Waals surface area contributed by atoms with Gasteiger partial charge in [0.15, 0.2) is 30.2 Å². The zero-order chi connectivity index (χ0) is 24.7. The van der Waals surface area contributed by atoms with Crippen molar-refractivity contribution < 1.29 is 37.0 Å². The Morgan fingerprint density at radius 1 is 1.00 bits per heavy atom. The predicted molar refractivity (Wildman–Crippen MR) is 114 cm³/mol. The minimum Gasteiger partial charge on any atom is -0.482 e. The molecule has 7 nitrogen and oxygen atoms in total. The summed E-state index contributed by atoms with van der Waals surface area (Å²) in [6.45, 7) is 6.12. The van der Waals surface area contributed by atoms with Crippen LogP contribution in [-0.4, -0.2) is 37.0 Å². The van der Waals surface area contributed by atoms with Gasteiger partial charge in [-0.2, -0.15) is 0 Å². The molecule has 0 saturated carbocycles. The summed E-state index contributed by atoms with van der Waals surface area (Å²) in [6.07, 6.45) is -1.24. The van der Waals surface area contributed by atoms with Gasteiger partial charge in [0, 0.05) is 0 Å². The summed E-state index contributed by atoms with van der Waals surface area (Å²) < 4.78 is 50.3. The van der Waals surface area contributed by atoms with E-state index in [-0.39, 0.29) is 5.92 Å². The van der Waals surface area contributed by atoms with Crippen molar-refractivity contribution in [3.8, 4) is 5.75 Å². The maximum Gasteiger partial charge on any atom is 0.344 e. The number of halogens is 3. The summed E-state index contributed by atoms with van der Waals surface area (Å²) >= 11 is 0. The number of benzene rings is 2. The molecule has 2 rings (SSSR count). The molecule has 0 spiro atoms. The fourth-order valence-corrected chi connectivity index (χ4v) is 2.79. The van der Waals surface area contributed by atoms with Gasteiger partial charge < -0.3 is 20.1 Å². The van der Waals surface area contributed by atoms with Gasteiger partial charge in [0.1, 0.15) is 5.75 Å². The molecule has 1 atom stereocenters. The molecule has 178 valence electrons. The van der Waals surface area contributed by atoms with E-state index in [4.69, 9.17) is 9.47 Å². The summed E-state index contributed by atoms with van der Waals surface area (Å²) in [5, 5.41) is 4.21. The fourth-order valence-electron chi connectivity index (χ4n) is 2.79. The van der Waals surface area contributed by atoms with Crippen molar-refractivity contribution in [1.82, 2.24) is 5.32 Å². The lowest BCUT2D eigenvalue weighted by Crippen LogP contribution is -2.40. The molecular weight excluding hydrogens is 441 g/mol. The molecule has 0 aromatic heterocycles. The first-order chi connectivity index (χ1) is 15.5. The van der Waals surface area contributed by atoms with Crippen LogP contribution >= 0.6 is 0 Å². The number of esters is 1. The highest BCUT2D eigenvalue weighted by Crippen LogP contribution is 2.27. The zero-order valence-electron chi connectivity index (χ0n) is 18.6. The molecular formula is C23H25F3N2O5. The smallest absolute Gasteiger partial charge is 0.344 e. The van der Waals surface area contributed by atoms with Crippen LogP contribution in [0.4, 0.5) is 18.9 Å². The maximum atomic E-state index is 13.6. The zero-order valence-corrected chi connectivity index (χ0v) is 18.6. The van der Waals surface area contributed by atoms with Gasteiger partial charge in [0.25, 0.3) is 5.91 Å². The maximum absolute atomic E-state index is 13.6. The van der Waals surface area contributed by atoms with Crippen LogP contribution in [0.2, 0.25) is 0 Å². The highest BCUT2D eigenvalue weighted by atomic mass is 19.2. The molecule has 0 radical (unpaired) electrons. The first-order valence-corrected chi connectivity index (χ1v) is 10.1. The lowest BCUT2D eigenvalue weighted by Gasteiger charge is -2.16. The van der Waals surface area contributed by atoms with Crippen molar-refractivity contribution in [2.24, 2.45) is 0 Å². The fraction of sp³-hybridized carbons (Fsp3) is 0.348. The Bertz CT molecular complexity index is 1040. The molecule has 1 unspecified atom stereocenters. The molecule has 0 saturated heterocycles. The average Bonchev–Trinajstić information content (AvgIpc) is 2.76. The number of ether oxygens (including phenoxy) is 2. The highest BCUT2D eigenvalue weighted by molar-refractivity contribution is 5.95. The summed E-state index contributed by atoms with van der Waals surface area (Å²) in [7, 11) is 0. The molecule has 33 heavy (non-hydrogen) atoms. The Kier molecular flexibility index (Phi) is 8.84. The Hall–Kier alpha value is -3.56. The van der Waals surface area contributed by atoms with Gasteiger partial charge in [0.05, 0.1) is 12.2 Å². The number of hydrogen-bond acceptors (Lipinski definition) is 5. The van der Waals surface area contributed by atoms with Gasteiger partial charge in [-0.05, 0) is 49.1 Å². The van der Waals surface area contributed by atoms with E-state index >= 15 is 0 Å². The first-order valence-electron chi connectivity index (χ1n) is 10.1. The Morgan fingerprint density at radius 3 is 2.36 bits per heavy atom. The van der Waals surface area contributed by atoms with Crippen molar-refractivity contribution in [3.63, 3.8) is 0 Å². The van der Waals surface area contributed by atoms with Crippen molar-refractivity contribution in [3.05, 3.63) is 58.9 Å². The van der Waals surface area contributed by atoms with Crippen molar-refractivity contribution in [1.29, 1.82) is 0 Å². The molecule has 0 fully saturated rings. The molecule has 0 heterocycles. The molecule has 0 bridgehead atoms. The van der Waals surface area contributed by atoms with Gasteiger partial charge in [-0.3, -0.25) is 9.59 Å². The van der Waals surface area contributed by atoms with Crippen LogP contribution in [0.5, 0.6) is 5.75 Å². The molecule has 0 aliphatic carbocycles. The van der Waals surface area contributed by atoms with E-state index in [9.17, 15) is 27.6 Å². The van der Waals surface area contributed by atoms with E-state index in [0.717, 1.165) is 17.2 Å². The van der Waals surface area contributed by atoms with Crippen LogP contribution < -0.4 is 15.4 Å². The molecule has 2 aromatic carbocycles. The van der Waals surface area contributed by atoms with E-state index in [1.165, 1.54) is 6.92 Å². The molecule has 10 heteroatoms. The van der Waals surface area contributed by atoms with E-state index in [1.807, 2.05) is 38.2 Å². The molecule has 0 aliphatic rings. The Morgan fingerprint density at radius 2 is 1.70 bits per heavy atom. The van der Waals surface area contributed by atoms with Crippen LogP contribution in [0.3, 0.4) is 0 Å². The average molecular weight is 466 g/mol. The van der Waals surface area contributed by atoms with Gasteiger partial charge in [0.2, 0.25) is 5.91 Å². The summed E-state index contributed by atoms with van der Waals surface area (Å²) in [5.74, 6) is -6.45. The number of amides is 2. The van der Waals surface area contributed by atoms with E-state index in [2.05, 4.69) is 5.32 Å². The normalized spacial score (nSPS) is 11.6. The lowest BCUT2D eigenvalue weighted by atomic mass is 10.0. The van der Waals surface area contributed by atoms with E-state index in [1.54, 1.807) is 6.07 Å². The third-order valence-corrected chi connectivity index (χ3v) is 4.55. The summed E-state index contributed by atoms with van der Waals surface area (Å²) in [4.78, 5) is 36.0. The van der Waals surface area contributed by atoms with Crippen LogP contribution in [0.25, 0.3) is 0 Å². The van der Waals surface area contributed by atoms with Crippen molar-refractivity contribution in [2.75, 3.05) is 18.5 Å². The van der Waals surface area contributed by atoms with Crippen LogP contribution in [0, 0.1) is 24.4 Å². The van der Waals surface area contributed by atoms with Gasteiger partial charge in [-0.15, -0.1) is 0 Å². The summed E-state index contributed by atoms with van der Waals surface area (Å²) in [5.41, 5.74) is 1.29. The molecule has 2 amide bonds. The number of aryl methyl sites for hydroxylation is 1. The topological polar surface area (TPSA) is 93.7 Å². The Labute approximate surface area is 189 Å². The number of carbonyl (C=O) groups is 3. The van der Waals surface area contributed by atoms with Crippen molar-refractivity contribution in [2.45, 2.75) is 39.7 Å². The van der Waals surface area contributed by atoms with Gasteiger partial charge in [-0.25, -0.2) is 18.0 Å². The van der Waals surface area contributed by atoms with Gasteiger partial charge >= 0.3 is 5.97 Å². The first kappa shape index (κ1) is 25.7. The number of anilines is 1. The standard InChI is InChI=1S/C23H25F3N2O5/c1-12(2)15-6-5-13(3)9-18(15)32-11-20(30)33-14(4)23(31)27-10-19(29)28-17-8-7-16(24)21(25)22(17)26/h5-9,12,14H,10-11H2,1-4H3,(H,27,31)(H,28,29). The van der Waals surface area contributed by atoms with Crippen LogP contribution in [0.15, 0.2) is 30.3 Å². The SMILES string of the molecule is Cc1ccc(C(C)C)c(OCC(=O)OC(C)C(=O)NCC(=O)Nc2ccc(F)c(F)c2F)c1. The predicted octanol–water partition coefficient (Wildman–Crippen LogP) is 3.60. The second-order valence-corrected chi connectivity index (χ2v) is 7.61. The minimum absolute atomic E-state index is 0.173. The van der Waals surface area contributed by atoms with E-state index in [0.29, 0.717) is 11.8 Å². The third kappa shape index (κ3) is 7.23. The minimum atomic E-state index is -1.73. The third-order valence-electron chi connectivity index (χ3n) is 4.55. The number of carbonyl (C=O) groups excluding carboxylic acids is 3. The monoisotopic (exact) mass is 466 g/mol. The van der Waals surface area contributed by atoms with Gasteiger partial charge in [-0.1, -0.05) is 26.0 Å². The molecule has 2 N–H and O–H groups in total. The lowest BCUT2D eigenvalue weighted by molar-refractivity contribution is -0.156. The van der Waals surface area contributed by atoms with Crippen molar-refractivity contribution >= 4 is 23.5 Å². The number of nitrogens with one attached hydrogen (secondary N) is 2. The Balaban J connectivity index is 1.82. The van der Waals surface area contributed by atoms with E-state index < -0.39 is 60.2 Å². The number of rotatable bonds is 9. The second-order valence-electron chi connectivity index (χ2n) is 7.61. The number of hydrogen-bond donors (Lipinski definition) is 2. The second kappa shape index (κ2) is 11.3. The van der Waals surface area contributed by atoms with Crippen LogP contribution in [0.1, 0.15) is 37.8 Å². The quantitative estimate of drug-likeness (QED) is 0.435. The molecule has 2 aromatic rings. The van der Waals surface area contributed by atoms with Crippen LogP contribution in [-0.2, 0) is 19.1 Å². The summed E-state index contributed by atoms with van der Waals surface area (Å²) in [6, 6.07) is 7.14.